The highest BCUT2D eigenvalue weighted by Crippen LogP contribution is 2.21. The van der Waals surface area contributed by atoms with Crippen LogP contribution >= 0.6 is 0 Å². The lowest BCUT2D eigenvalue weighted by molar-refractivity contribution is 0.0955. The summed E-state index contributed by atoms with van der Waals surface area (Å²) >= 11 is 0. The van der Waals surface area contributed by atoms with Crippen LogP contribution in [0.15, 0.2) is 41.5 Å². The molecule has 0 saturated carbocycles. The van der Waals surface area contributed by atoms with Gasteiger partial charge in [-0.05, 0) is 66.9 Å². The molecule has 0 aliphatic carbocycles. The van der Waals surface area contributed by atoms with Crippen LogP contribution in [0.2, 0.25) is 0 Å². The van der Waals surface area contributed by atoms with Crippen molar-refractivity contribution in [1.82, 2.24) is 5.43 Å². The molecule has 0 fully saturated rings. The minimum absolute atomic E-state index is 0.102. The monoisotopic (exact) mass is 284 g/mol. The van der Waals surface area contributed by atoms with Gasteiger partial charge in [0.15, 0.2) is 0 Å². The molecule has 0 saturated heterocycles. The summed E-state index contributed by atoms with van der Waals surface area (Å²) in [6.07, 6.45) is 1.51. The summed E-state index contributed by atoms with van der Waals surface area (Å²) in [6.45, 7) is 3.60. The molecule has 0 spiro atoms. The Morgan fingerprint density at radius 1 is 1.10 bits per heavy atom. The zero-order chi connectivity index (χ0) is 15.4. The molecule has 5 nitrogen and oxygen atoms in total. The van der Waals surface area contributed by atoms with Gasteiger partial charge in [0, 0.05) is 5.56 Å². The van der Waals surface area contributed by atoms with Crippen molar-refractivity contribution in [3.63, 3.8) is 0 Å². The van der Waals surface area contributed by atoms with Crippen LogP contribution in [0.25, 0.3) is 0 Å². The molecule has 2 aromatic rings. The third kappa shape index (κ3) is 3.60. The fourth-order valence-corrected chi connectivity index (χ4v) is 1.91. The van der Waals surface area contributed by atoms with Gasteiger partial charge in [-0.15, -0.1) is 0 Å². The van der Waals surface area contributed by atoms with Crippen molar-refractivity contribution in [3.05, 3.63) is 58.7 Å². The lowest BCUT2D eigenvalue weighted by Crippen LogP contribution is -2.17. The number of hydrazone groups is 1. The molecule has 21 heavy (non-hydrogen) atoms. The van der Waals surface area contributed by atoms with Gasteiger partial charge in [-0.1, -0.05) is 0 Å². The molecule has 0 aliphatic rings. The third-order valence-corrected chi connectivity index (χ3v) is 3.02. The molecule has 3 N–H and O–H groups in total. The summed E-state index contributed by atoms with van der Waals surface area (Å²) in [5, 5.41) is 22.7. The van der Waals surface area contributed by atoms with Crippen molar-refractivity contribution in [2.45, 2.75) is 13.8 Å². The van der Waals surface area contributed by atoms with Gasteiger partial charge < -0.3 is 10.2 Å². The molecule has 0 radical (unpaired) electrons. The van der Waals surface area contributed by atoms with Crippen molar-refractivity contribution in [1.29, 1.82) is 0 Å². The number of hydrogen-bond acceptors (Lipinski definition) is 4. The van der Waals surface area contributed by atoms with Crippen LogP contribution < -0.4 is 5.43 Å². The summed E-state index contributed by atoms with van der Waals surface area (Å²) < 4.78 is 0. The van der Waals surface area contributed by atoms with E-state index in [2.05, 4.69) is 10.5 Å². The largest absolute Gasteiger partial charge is 0.508 e. The van der Waals surface area contributed by atoms with Crippen molar-refractivity contribution in [3.8, 4) is 11.5 Å². The minimum Gasteiger partial charge on any atom is -0.508 e. The Bertz CT molecular complexity index is 668. The normalized spacial score (nSPS) is 10.8. The third-order valence-electron chi connectivity index (χ3n) is 3.02. The van der Waals surface area contributed by atoms with Gasteiger partial charge >= 0.3 is 0 Å². The van der Waals surface area contributed by atoms with E-state index in [1.807, 2.05) is 0 Å². The second-order valence-electron chi connectivity index (χ2n) is 4.75. The maximum absolute atomic E-state index is 11.8. The summed E-state index contributed by atoms with van der Waals surface area (Å²) in [4.78, 5) is 11.8. The first-order valence-electron chi connectivity index (χ1n) is 6.40. The van der Waals surface area contributed by atoms with Gasteiger partial charge in [-0.2, -0.15) is 5.10 Å². The van der Waals surface area contributed by atoms with E-state index in [-0.39, 0.29) is 17.4 Å². The zero-order valence-corrected chi connectivity index (χ0v) is 11.8. The summed E-state index contributed by atoms with van der Waals surface area (Å²) in [5.41, 5.74) is 5.10. The number of aromatic hydroxyl groups is 2. The average Bonchev–Trinajstić information content (AvgIpc) is 2.45. The second kappa shape index (κ2) is 6.09. The number of amides is 1. The van der Waals surface area contributed by atoms with Crippen LogP contribution in [-0.2, 0) is 0 Å². The van der Waals surface area contributed by atoms with E-state index >= 15 is 0 Å². The summed E-state index contributed by atoms with van der Waals surface area (Å²) in [5.74, 6) is 0.00356. The van der Waals surface area contributed by atoms with Gasteiger partial charge in [0.2, 0.25) is 0 Å². The number of phenols is 2. The Morgan fingerprint density at radius 3 is 2.24 bits per heavy atom. The van der Waals surface area contributed by atoms with Crippen molar-refractivity contribution >= 4 is 12.1 Å². The molecule has 1 amide bonds. The maximum atomic E-state index is 11.8. The van der Waals surface area contributed by atoms with E-state index < -0.39 is 0 Å². The number of rotatable bonds is 3. The Morgan fingerprint density at radius 2 is 1.67 bits per heavy atom. The molecule has 5 heteroatoms. The van der Waals surface area contributed by atoms with Crippen LogP contribution in [-0.4, -0.2) is 22.3 Å². The predicted octanol–water partition coefficient (Wildman–Crippen LogP) is 2.48. The first-order valence-corrected chi connectivity index (χ1v) is 6.40. The van der Waals surface area contributed by atoms with Crippen LogP contribution in [0.5, 0.6) is 11.5 Å². The van der Waals surface area contributed by atoms with Crippen molar-refractivity contribution in [2.24, 2.45) is 5.10 Å². The Kier molecular flexibility index (Phi) is 4.23. The fourth-order valence-electron chi connectivity index (χ4n) is 1.91. The fraction of sp³-hybridized carbons (Fsp3) is 0.125. The second-order valence-corrected chi connectivity index (χ2v) is 4.75. The SMILES string of the molecule is Cc1cc(/C=N/NC(=O)c2ccc(O)cc2)cc(C)c1O. The highest BCUT2D eigenvalue weighted by Gasteiger charge is 2.04. The lowest BCUT2D eigenvalue weighted by atomic mass is 10.1. The van der Waals surface area contributed by atoms with E-state index in [4.69, 9.17) is 5.11 Å². The molecule has 0 heterocycles. The molecule has 0 unspecified atom stereocenters. The predicted molar refractivity (Wildman–Crippen MR) is 80.7 cm³/mol. The molecule has 0 atom stereocenters. The van der Waals surface area contributed by atoms with Gasteiger partial charge in [0.05, 0.1) is 6.21 Å². The molecular formula is C16H16N2O3. The topological polar surface area (TPSA) is 81.9 Å². The van der Waals surface area contributed by atoms with Crippen molar-refractivity contribution < 1.29 is 15.0 Å². The van der Waals surface area contributed by atoms with E-state index in [0.29, 0.717) is 5.56 Å². The van der Waals surface area contributed by atoms with Crippen molar-refractivity contribution in [2.75, 3.05) is 0 Å². The molecule has 2 rings (SSSR count). The van der Waals surface area contributed by atoms with Gasteiger partial charge in [-0.25, -0.2) is 5.43 Å². The number of aryl methyl sites for hydroxylation is 2. The molecule has 108 valence electrons. The number of hydrogen-bond donors (Lipinski definition) is 3. The minimum atomic E-state index is -0.363. The Balaban J connectivity index is 2.05. The van der Waals surface area contributed by atoms with E-state index in [1.165, 1.54) is 30.5 Å². The zero-order valence-electron chi connectivity index (χ0n) is 11.8. The van der Waals surface area contributed by atoms with E-state index in [9.17, 15) is 9.90 Å². The molecule has 0 aliphatic heterocycles. The summed E-state index contributed by atoms with van der Waals surface area (Å²) in [6, 6.07) is 9.44. The number of carbonyl (C=O) groups is 1. The highest BCUT2D eigenvalue weighted by molar-refractivity contribution is 5.95. The quantitative estimate of drug-likeness (QED) is 0.598. The van der Waals surface area contributed by atoms with Crippen LogP contribution in [0.4, 0.5) is 0 Å². The number of benzene rings is 2. The molecular weight excluding hydrogens is 268 g/mol. The number of carbonyl (C=O) groups excluding carboxylic acids is 1. The average molecular weight is 284 g/mol. The summed E-state index contributed by atoms with van der Waals surface area (Å²) in [7, 11) is 0. The van der Waals surface area contributed by atoms with Crippen LogP contribution in [0, 0.1) is 13.8 Å². The van der Waals surface area contributed by atoms with Crippen LogP contribution in [0.3, 0.4) is 0 Å². The number of nitrogens with one attached hydrogen (secondary N) is 1. The Labute approximate surface area is 122 Å². The molecule has 0 bridgehead atoms. The standard InChI is InChI=1S/C16H16N2O3/c1-10-7-12(8-11(2)15(10)20)9-17-18-16(21)13-3-5-14(19)6-4-13/h3-9,19-20H,1-2H3,(H,18,21)/b17-9+. The van der Waals surface area contributed by atoms with Gasteiger partial charge in [0.1, 0.15) is 11.5 Å². The Hall–Kier alpha value is -2.82. The smallest absolute Gasteiger partial charge is 0.271 e. The maximum Gasteiger partial charge on any atom is 0.271 e. The highest BCUT2D eigenvalue weighted by atomic mass is 16.3. The first kappa shape index (κ1) is 14.6. The van der Waals surface area contributed by atoms with Crippen LogP contribution in [0.1, 0.15) is 27.0 Å². The van der Waals surface area contributed by atoms with E-state index in [1.54, 1.807) is 26.0 Å². The number of phenolic OH excluding ortho intramolecular Hbond substituents is 2. The van der Waals surface area contributed by atoms with E-state index in [0.717, 1.165) is 16.7 Å². The molecule has 0 aromatic heterocycles. The number of nitrogens with zero attached hydrogens (tertiary/aromatic N) is 1. The lowest BCUT2D eigenvalue weighted by Gasteiger charge is -2.04. The van der Waals surface area contributed by atoms with Gasteiger partial charge in [-0.3, -0.25) is 4.79 Å². The molecule has 2 aromatic carbocycles. The van der Waals surface area contributed by atoms with Gasteiger partial charge in [0.25, 0.3) is 5.91 Å². The first-order chi connectivity index (χ1) is 9.97.